The standard InChI is InChI=1S/C19H36P2/c1-4-15-9-8-14-20(15)18-10-7-11-19(18)21-16(5-2)12-13-17(21)6-3/h15-19H,4-14H2,1-3H3/t15-,16-,17-,18?,19?,20?/m1/s1. The molecule has 1 saturated carbocycles. The average molecular weight is 326 g/mol. The molecule has 0 spiro atoms. The van der Waals surface area contributed by atoms with Crippen LogP contribution < -0.4 is 0 Å². The topological polar surface area (TPSA) is 0 Å². The lowest BCUT2D eigenvalue weighted by atomic mass is 10.1. The van der Waals surface area contributed by atoms with Gasteiger partial charge in [0.25, 0.3) is 0 Å². The molecule has 3 aliphatic rings. The van der Waals surface area contributed by atoms with Crippen LogP contribution in [-0.4, -0.2) is 34.5 Å². The van der Waals surface area contributed by atoms with E-state index in [4.69, 9.17) is 0 Å². The van der Waals surface area contributed by atoms with Crippen LogP contribution in [0.3, 0.4) is 0 Å². The molecule has 21 heavy (non-hydrogen) atoms. The van der Waals surface area contributed by atoms with Crippen molar-refractivity contribution in [1.29, 1.82) is 0 Å². The van der Waals surface area contributed by atoms with Crippen molar-refractivity contribution in [3.05, 3.63) is 0 Å². The van der Waals surface area contributed by atoms with Gasteiger partial charge in [-0.05, 0) is 92.2 Å². The van der Waals surface area contributed by atoms with Gasteiger partial charge in [0.2, 0.25) is 0 Å². The molecule has 6 atom stereocenters. The fourth-order valence-electron chi connectivity index (χ4n) is 5.74. The summed E-state index contributed by atoms with van der Waals surface area (Å²) in [4.78, 5) is 0. The lowest BCUT2D eigenvalue weighted by molar-refractivity contribution is 0.696. The maximum Gasteiger partial charge on any atom is -0.0136 e. The minimum Gasteiger partial charge on any atom is -0.0997 e. The van der Waals surface area contributed by atoms with Gasteiger partial charge in [-0.2, -0.15) is 0 Å². The van der Waals surface area contributed by atoms with Crippen molar-refractivity contribution in [2.45, 2.75) is 113 Å². The van der Waals surface area contributed by atoms with Crippen LogP contribution in [0, 0.1) is 0 Å². The van der Waals surface area contributed by atoms with Gasteiger partial charge in [0.15, 0.2) is 0 Å². The summed E-state index contributed by atoms with van der Waals surface area (Å²) in [7, 11) is 0.766. The summed E-state index contributed by atoms with van der Waals surface area (Å²) < 4.78 is 0. The second kappa shape index (κ2) is 7.62. The maximum absolute atomic E-state index is 2.48. The van der Waals surface area contributed by atoms with Crippen LogP contribution in [0.25, 0.3) is 0 Å². The Hall–Kier alpha value is 0.860. The third-order valence-electron chi connectivity index (χ3n) is 6.77. The second-order valence-electron chi connectivity index (χ2n) is 7.66. The molecule has 0 N–H and O–H groups in total. The zero-order chi connectivity index (χ0) is 14.8. The van der Waals surface area contributed by atoms with Gasteiger partial charge in [-0.1, -0.05) is 43.0 Å². The fraction of sp³-hybridized carbons (Fsp3) is 1.00. The molecule has 2 heteroatoms. The summed E-state index contributed by atoms with van der Waals surface area (Å²) in [5.41, 5.74) is 5.86. The van der Waals surface area contributed by atoms with E-state index >= 15 is 0 Å². The average Bonchev–Trinajstić information content (AvgIpc) is 3.23. The molecule has 0 amide bonds. The lowest BCUT2D eigenvalue weighted by Gasteiger charge is -2.38. The van der Waals surface area contributed by atoms with E-state index in [0.29, 0.717) is 15.8 Å². The minimum absolute atomic E-state index is 0.363. The van der Waals surface area contributed by atoms with E-state index in [0.717, 1.165) is 17.0 Å². The SMILES string of the molecule is CC[C@@H]1CCCP1C1CCCC1P1[C@H](CC)CC[C@H]1CC. The molecule has 0 bridgehead atoms. The second-order valence-corrected chi connectivity index (χ2v) is 13.5. The van der Waals surface area contributed by atoms with Crippen LogP contribution in [0.4, 0.5) is 0 Å². The number of hydrogen-bond acceptors (Lipinski definition) is 0. The molecule has 3 rings (SSSR count). The van der Waals surface area contributed by atoms with E-state index in [1.54, 1.807) is 51.1 Å². The Morgan fingerprint density at radius 2 is 1.29 bits per heavy atom. The van der Waals surface area contributed by atoms with Crippen molar-refractivity contribution in [3.63, 3.8) is 0 Å². The van der Waals surface area contributed by atoms with Gasteiger partial charge in [0.1, 0.15) is 0 Å². The van der Waals surface area contributed by atoms with Crippen LogP contribution >= 0.6 is 15.8 Å². The van der Waals surface area contributed by atoms with Crippen LogP contribution in [-0.2, 0) is 0 Å². The molecule has 3 unspecified atom stereocenters. The van der Waals surface area contributed by atoms with E-state index in [2.05, 4.69) is 20.8 Å². The summed E-state index contributed by atoms with van der Waals surface area (Å²) in [5.74, 6) is 0. The predicted molar refractivity (Wildman–Crippen MR) is 101 cm³/mol. The Morgan fingerprint density at radius 1 is 0.667 bits per heavy atom. The van der Waals surface area contributed by atoms with Gasteiger partial charge < -0.3 is 0 Å². The molecule has 0 aromatic carbocycles. The van der Waals surface area contributed by atoms with Crippen molar-refractivity contribution < 1.29 is 0 Å². The lowest BCUT2D eigenvalue weighted by Crippen LogP contribution is -2.25. The zero-order valence-electron chi connectivity index (χ0n) is 14.6. The van der Waals surface area contributed by atoms with E-state index in [9.17, 15) is 0 Å². The van der Waals surface area contributed by atoms with Crippen molar-refractivity contribution in [3.8, 4) is 0 Å². The van der Waals surface area contributed by atoms with Gasteiger partial charge in [0, 0.05) is 0 Å². The van der Waals surface area contributed by atoms with Gasteiger partial charge in [0.05, 0.1) is 0 Å². The molecule has 0 aromatic rings. The summed E-state index contributed by atoms with van der Waals surface area (Å²) in [6, 6.07) is 0. The largest absolute Gasteiger partial charge is 0.0997 e. The predicted octanol–water partition coefficient (Wildman–Crippen LogP) is 6.79. The molecule has 3 fully saturated rings. The Morgan fingerprint density at radius 3 is 1.90 bits per heavy atom. The van der Waals surface area contributed by atoms with Crippen LogP contribution in [0.5, 0.6) is 0 Å². The Labute approximate surface area is 135 Å². The highest BCUT2D eigenvalue weighted by atomic mass is 31.1. The summed E-state index contributed by atoms with van der Waals surface area (Å²) in [5, 5.41) is 0. The molecule has 2 heterocycles. The maximum atomic E-state index is 2.48. The monoisotopic (exact) mass is 326 g/mol. The smallest absolute Gasteiger partial charge is 0.0136 e. The van der Waals surface area contributed by atoms with Crippen LogP contribution in [0.2, 0.25) is 0 Å². The molecule has 2 saturated heterocycles. The van der Waals surface area contributed by atoms with E-state index < -0.39 is 0 Å². The van der Waals surface area contributed by atoms with Gasteiger partial charge in [-0.3, -0.25) is 0 Å². The first-order valence-corrected chi connectivity index (χ1v) is 13.0. The summed E-state index contributed by atoms with van der Waals surface area (Å²) in [6.07, 6.45) is 17.2. The highest BCUT2D eigenvalue weighted by molar-refractivity contribution is 7.64. The first kappa shape index (κ1) is 16.7. The van der Waals surface area contributed by atoms with Gasteiger partial charge in [-0.25, -0.2) is 0 Å². The van der Waals surface area contributed by atoms with Crippen molar-refractivity contribution in [2.24, 2.45) is 0 Å². The molecule has 0 radical (unpaired) electrons. The Kier molecular flexibility index (Phi) is 6.06. The summed E-state index contributed by atoms with van der Waals surface area (Å²) >= 11 is 0. The van der Waals surface area contributed by atoms with E-state index in [1.165, 1.54) is 30.6 Å². The number of hydrogen-bond donors (Lipinski definition) is 0. The minimum atomic E-state index is 0.363. The molecular formula is C19H36P2. The third kappa shape index (κ3) is 3.24. The normalized spacial score (nSPS) is 44.7. The van der Waals surface area contributed by atoms with Crippen molar-refractivity contribution in [1.82, 2.24) is 0 Å². The van der Waals surface area contributed by atoms with Crippen molar-refractivity contribution in [2.75, 3.05) is 6.16 Å². The van der Waals surface area contributed by atoms with Crippen LogP contribution in [0.15, 0.2) is 0 Å². The molecule has 1 aliphatic carbocycles. The third-order valence-corrected chi connectivity index (χ3v) is 15.2. The molecule has 2 aliphatic heterocycles. The molecule has 0 aromatic heterocycles. The van der Waals surface area contributed by atoms with E-state index in [-0.39, 0.29) is 0 Å². The zero-order valence-corrected chi connectivity index (χ0v) is 16.3. The van der Waals surface area contributed by atoms with Crippen LogP contribution in [0.1, 0.15) is 85.0 Å². The first-order valence-electron chi connectivity index (χ1n) is 9.83. The quantitative estimate of drug-likeness (QED) is 0.488. The number of rotatable bonds is 5. The summed E-state index contributed by atoms with van der Waals surface area (Å²) in [6.45, 7) is 7.44. The molecule has 0 nitrogen and oxygen atoms in total. The van der Waals surface area contributed by atoms with Gasteiger partial charge in [-0.15, -0.1) is 0 Å². The highest BCUT2D eigenvalue weighted by Gasteiger charge is 2.47. The first-order chi connectivity index (χ1) is 10.3. The van der Waals surface area contributed by atoms with Crippen molar-refractivity contribution >= 4 is 15.8 Å². The highest BCUT2D eigenvalue weighted by Crippen LogP contribution is 2.70. The Bertz CT molecular complexity index is 318. The van der Waals surface area contributed by atoms with Gasteiger partial charge >= 0.3 is 0 Å². The van der Waals surface area contributed by atoms with E-state index in [1.807, 2.05) is 0 Å². The molecular weight excluding hydrogens is 290 g/mol. The fourth-order valence-corrected chi connectivity index (χ4v) is 15.0. The molecule has 122 valence electrons. The Balaban J connectivity index is 1.76.